The predicted molar refractivity (Wildman–Crippen MR) is 186 cm³/mol. The summed E-state index contributed by atoms with van der Waals surface area (Å²) in [5.74, 6) is -4.13. The van der Waals surface area contributed by atoms with Crippen molar-refractivity contribution in [3.8, 4) is 0 Å². The maximum absolute atomic E-state index is 14.1. The van der Waals surface area contributed by atoms with Crippen LogP contribution >= 0.6 is 12.6 Å². The molecule has 0 aromatic carbocycles. The highest BCUT2D eigenvalue weighted by atomic mass is 32.1. The topological polar surface area (TPSA) is 284 Å². The van der Waals surface area contributed by atoms with Gasteiger partial charge in [-0.25, -0.2) is 9.78 Å². The average molecular weight is 722 g/mol. The molecule has 0 unspecified atom stereocenters. The molecule has 2 saturated heterocycles. The van der Waals surface area contributed by atoms with E-state index in [0.29, 0.717) is 57.3 Å². The number of amides is 5. The van der Waals surface area contributed by atoms with E-state index in [-0.39, 0.29) is 42.9 Å². The molecule has 3 rings (SSSR count). The third kappa shape index (κ3) is 11.3. The van der Waals surface area contributed by atoms with Gasteiger partial charge in [0.15, 0.2) is 5.96 Å². The molecule has 6 atom stereocenters. The summed E-state index contributed by atoms with van der Waals surface area (Å²) in [6, 6.07) is -6.05. The minimum absolute atomic E-state index is 0.0260. The van der Waals surface area contributed by atoms with Crippen LogP contribution < -0.4 is 33.2 Å². The van der Waals surface area contributed by atoms with Gasteiger partial charge in [-0.15, -0.1) is 0 Å². The Morgan fingerprint density at radius 2 is 1.58 bits per heavy atom. The number of hydrogen-bond donors (Lipinski definition) is 9. The Balaban J connectivity index is 1.74. The number of carboxylic acid groups (broad SMARTS) is 1. The number of likely N-dealkylation sites (tertiary alicyclic amines) is 2. The van der Waals surface area contributed by atoms with Gasteiger partial charge in [-0.05, 0) is 50.9 Å². The van der Waals surface area contributed by atoms with E-state index in [4.69, 9.17) is 17.2 Å². The van der Waals surface area contributed by atoms with Gasteiger partial charge in [0.05, 0.1) is 12.4 Å². The molecule has 5 amide bonds. The molecule has 2 aliphatic heterocycles. The number of carbonyl (C=O) groups excluding carboxylic acids is 5. The molecular formula is C31H51N11O7S. The number of aliphatic imine (C=N–C) groups is 1. The van der Waals surface area contributed by atoms with Crippen molar-refractivity contribution < 1.29 is 33.9 Å². The molecule has 278 valence electrons. The summed E-state index contributed by atoms with van der Waals surface area (Å²) >= 11 is 3.99. The van der Waals surface area contributed by atoms with Gasteiger partial charge >= 0.3 is 5.97 Å². The Morgan fingerprint density at radius 1 is 0.980 bits per heavy atom. The number of aromatic nitrogens is 2. The fourth-order valence-electron chi connectivity index (χ4n) is 6.17. The molecule has 2 aliphatic rings. The first-order chi connectivity index (χ1) is 23.7. The van der Waals surface area contributed by atoms with Gasteiger partial charge in [-0.2, -0.15) is 12.6 Å². The maximum atomic E-state index is 14.1. The Morgan fingerprint density at radius 3 is 2.10 bits per heavy atom. The summed E-state index contributed by atoms with van der Waals surface area (Å²) in [5.41, 5.74) is 17.4. The number of nitrogens with one attached hydrogen (secondary N) is 4. The summed E-state index contributed by atoms with van der Waals surface area (Å²) in [5, 5.41) is 17.3. The van der Waals surface area contributed by atoms with Crippen molar-refractivity contribution in [2.45, 2.75) is 101 Å². The molecule has 0 bridgehead atoms. The Bertz CT molecular complexity index is 1370. The van der Waals surface area contributed by atoms with E-state index < -0.39 is 65.8 Å². The number of thiol groups is 1. The molecule has 18 nitrogen and oxygen atoms in total. The van der Waals surface area contributed by atoms with Crippen LogP contribution in [0.15, 0.2) is 17.5 Å². The van der Waals surface area contributed by atoms with Crippen LogP contribution in [0, 0.1) is 5.92 Å². The number of carboxylic acids is 1. The van der Waals surface area contributed by atoms with E-state index >= 15 is 0 Å². The lowest BCUT2D eigenvalue weighted by atomic mass is 10.0. The zero-order valence-electron chi connectivity index (χ0n) is 28.5. The fraction of sp³-hybridized carbons (Fsp3) is 0.677. The first kappa shape index (κ1) is 40.0. The van der Waals surface area contributed by atoms with E-state index in [1.165, 1.54) is 22.3 Å². The molecule has 1 aromatic heterocycles. The number of rotatable bonds is 18. The second-order valence-electron chi connectivity index (χ2n) is 13.0. The van der Waals surface area contributed by atoms with E-state index in [0.717, 1.165) is 0 Å². The lowest BCUT2D eigenvalue weighted by molar-refractivity contribution is -0.144. The second kappa shape index (κ2) is 19.1. The number of aliphatic carboxylic acids is 1. The molecule has 3 heterocycles. The molecule has 1 aromatic rings. The summed E-state index contributed by atoms with van der Waals surface area (Å²) in [6.45, 7) is 4.59. The number of H-pyrrole nitrogens is 1. The summed E-state index contributed by atoms with van der Waals surface area (Å²) in [4.78, 5) is 92.9. The smallest absolute Gasteiger partial charge is 0.327 e. The van der Waals surface area contributed by atoms with Gasteiger partial charge in [-0.1, -0.05) is 13.8 Å². The Hall–Kier alpha value is -4.39. The van der Waals surface area contributed by atoms with Crippen LogP contribution in [0.1, 0.15) is 64.5 Å². The van der Waals surface area contributed by atoms with Crippen LogP contribution in [0.3, 0.4) is 0 Å². The molecular weight excluding hydrogens is 670 g/mol. The molecule has 19 heteroatoms. The van der Waals surface area contributed by atoms with Gasteiger partial charge in [0.1, 0.15) is 30.2 Å². The van der Waals surface area contributed by atoms with Crippen molar-refractivity contribution in [2.24, 2.45) is 28.1 Å². The summed E-state index contributed by atoms with van der Waals surface area (Å²) in [6.07, 6.45) is 5.80. The average Bonchev–Trinajstić information content (AvgIpc) is 3.86. The molecule has 0 radical (unpaired) electrons. The summed E-state index contributed by atoms with van der Waals surface area (Å²) < 4.78 is 0. The molecule has 0 saturated carbocycles. The highest BCUT2D eigenvalue weighted by molar-refractivity contribution is 7.80. The fourth-order valence-corrected chi connectivity index (χ4v) is 6.42. The van der Waals surface area contributed by atoms with Crippen LogP contribution in [0.25, 0.3) is 0 Å². The second-order valence-corrected chi connectivity index (χ2v) is 13.4. The minimum atomic E-state index is -1.26. The predicted octanol–water partition coefficient (Wildman–Crippen LogP) is -2.17. The minimum Gasteiger partial charge on any atom is -0.480 e. The van der Waals surface area contributed by atoms with Crippen LogP contribution in [0.5, 0.6) is 0 Å². The molecule has 11 N–H and O–H groups in total. The largest absolute Gasteiger partial charge is 0.480 e. The maximum Gasteiger partial charge on any atom is 0.327 e. The van der Waals surface area contributed by atoms with E-state index in [9.17, 15) is 33.9 Å². The quantitative estimate of drug-likeness (QED) is 0.0340. The zero-order valence-corrected chi connectivity index (χ0v) is 29.4. The first-order valence-electron chi connectivity index (χ1n) is 16.9. The van der Waals surface area contributed by atoms with Gasteiger partial charge in [0, 0.05) is 43.7 Å². The monoisotopic (exact) mass is 721 g/mol. The van der Waals surface area contributed by atoms with Crippen molar-refractivity contribution in [1.82, 2.24) is 35.7 Å². The zero-order chi connectivity index (χ0) is 37.0. The number of nitrogens with zero attached hydrogens (tertiary/aromatic N) is 4. The Kier molecular flexibility index (Phi) is 15.3. The van der Waals surface area contributed by atoms with Gasteiger partial charge in [0.25, 0.3) is 0 Å². The number of aromatic amines is 1. The van der Waals surface area contributed by atoms with Crippen LogP contribution in [-0.4, -0.2) is 128 Å². The standard InChI is InChI=1S/C31H51N11O7S/c1-17(2)12-20(25(43)40-22(15-50)30(48)49)38-26(44)24-8-5-11-42(24)29(47)21(13-18-14-35-16-37-18)39-27(45)23-7-4-10-41(23)28(46)19(32)6-3-9-36-31(33)34/h14,16-17,19-24,50H,3-13,15,32H2,1-2H3,(H,35,37)(H,38,44)(H,39,45)(H,40,43)(H,48,49)(H4,33,34,36)/t19-,20-,21-,22-,23-,24-/m0/s1. The molecule has 2 fully saturated rings. The van der Waals surface area contributed by atoms with Crippen LogP contribution in [0.4, 0.5) is 0 Å². The van der Waals surface area contributed by atoms with Crippen molar-refractivity contribution in [1.29, 1.82) is 0 Å². The third-order valence-electron chi connectivity index (χ3n) is 8.69. The van der Waals surface area contributed by atoms with Gasteiger partial charge in [0.2, 0.25) is 29.5 Å². The number of guanidine groups is 1. The van der Waals surface area contributed by atoms with E-state index in [1.807, 2.05) is 13.8 Å². The van der Waals surface area contributed by atoms with Crippen molar-refractivity contribution >= 4 is 54.1 Å². The lowest BCUT2D eigenvalue weighted by Gasteiger charge is -2.32. The van der Waals surface area contributed by atoms with Gasteiger partial charge in [-0.3, -0.25) is 29.0 Å². The SMILES string of the molecule is CC(C)C[C@H](NC(=O)[C@@H]1CCCN1C(=O)[C@H](Cc1cnc[nH]1)NC(=O)[C@@H]1CCCN1C(=O)[C@@H](N)CCCN=C(N)N)C(=O)N[C@@H](CS)C(=O)O. The Labute approximate surface area is 296 Å². The van der Waals surface area contributed by atoms with Crippen molar-refractivity contribution in [2.75, 3.05) is 25.4 Å². The summed E-state index contributed by atoms with van der Waals surface area (Å²) in [7, 11) is 0. The van der Waals surface area contributed by atoms with Crippen molar-refractivity contribution in [3.05, 3.63) is 18.2 Å². The van der Waals surface area contributed by atoms with E-state index in [2.05, 4.69) is 43.5 Å². The molecule has 0 spiro atoms. The molecule has 0 aliphatic carbocycles. The van der Waals surface area contributed by atoms with Gasteiger partial charge < -0.3 is 53.0 Å². The van der Waals surface area contributed by atoms with E-state index in [1.54, 1.807) is 0 Å². The normalized spacial score (nSPS) is 19.7. The number of imidazole rings is 1. The lowest BCUT2D eigenvalue weighted by Crippen LogP contribution is -2.59. The highest BCUT2D eigenvalue weighted by Crippen LogP contribution is 2.22. The number of carbonyl (C=O) groups is 6. The molecule has 50 heavy (non-hydrogen) atoms. The van der Waals surface area contributed by atoms with Crippen molar-refractivity contribution in [3.63, 3.8) is 0 Å². The van der Waals surface area contributed by atoms with Crippen LogP contribution in [-0.2, 0) is 35.2 Å². The van der Waals surface area contributed by atoms with Crippen LogP contribution in [0.2, 0.25) is 0 Å². The first-order valence-corrected chi connectivity index (χ1v) is 17.5. The number of nitrogens with two attached hydrogens (primary N) is 3. The highest BCUT2D eigenvalue weighted by Gasteiger charge is 2.42. The number of hydrogen-bond acceptors (Lipinski definition) is 10. The third-order valence-corrected chi connectivity index (χ3v) is 9.06.